The van der Waals surface area contributed by atoms with Crippen LogP contribution < -0.4 is 5.32 Å². The molecule has 0 radical (unpaired) electrons. The van der Waals surface area contributed by atoms with E-state index >= 15 is 0 Å². The molecule has 1 aromatic carbocycles. The highest BCUT2D eigenvalue weighted by molar-refractivity contribution is 5.70. The van der Waals surface area contributed by atoms with Crippen LogP contribution in [-0.2, 0) is 9.53 Å². The lowest BCUT2D eigenvalue weighted by Crippen LogP contribution is -2.20. The van der Waals surface area contributed by atoms with E-state index in [-0.39, 0.29) is 24.2 Å². The Hall–Kier alpha value is -1.42. The number of benzene rings is 1. The lowest BCUT2D eigenvalue weighted by molar-refractivity contribution is -0.141. The van der Waals surface area contributed by atoms with E-state index in [0.29, 0.717) is 5.56 Å². The van der Waals surface area contributed by atoms with Crippen LogP contribution >= 0.6 is 0 Å². The molecule has 1 aromatic rings. The van der Waals surface area contributed by atoms with E-state index in [1.54, 1.807) is 20.0 Å². The molecule has 16 heavy (non-hydrogen) atoms. The van der Waals surface area contributed by atoms with Crippen LogP contribution in [0.4, 0.5) is 4.39 Å². The van der Waals surface area contributed by atoms with Crippen molar-refractivity contribution in [1.82, 2.24) is 5.32 Å². The van der Waals surface area contributed by atoms with Crippen molar-refractivity contribution in [1.29, 1.82) is 0 Å². The van der Waals surface area contributed by atoms with Gasteiger partial charge in [-0.05, 0) is 31.2 Å². The lowest BCUT2D eigenvalue weighted by atomic mass is 10.0. The van der Waals surface area contributed by atoms with Crippen LogP contribution in [0.2, 0.25) is 0 Å². The first-order valence-electron chi connectivity index (χ1n) is 5.08. The van der Waals surface area contributed by atoms with Gasteiger partial charge in [-0.2, -0.15) is 0 Å². The van der Waals surface area contributed by atoms with Crippen LogP contribution in [0.3, 0.4) is 0 Å². The molecule has 0 aromatic heterocycles. The number of aryl methyl sites for hydroxylation is 1. The molecular formula is C12H16FNO2. The SMILES string of the molecule is CNC(CC(=O)OC)c1ccc(C)c(F)c1. The highest BCUT2D eigenvalue weighted by Crippen LogP contribution is 2.19. The van der Waals surface area contributed by atoms with E-state index in [1.165, 1.54) is 13.2 Å². The van der Waals surface area contributed by atoms with E-state index in [2.05, 4.69) is 10.1 Å². The molecule has 0 aliphatic rings. The smallest absolute Gasteiger partial charge is 0.307 e. The van der Waals surface area contributed by atoms with Gasteiger partial charge in [-0.25, -0.2) is 4.39 Å². The summed E-state index contributed by atoms with van der Waals surface area (Å²) in [6.07, 6.45) is 0.190. The molecule has 1 N–H and O–H groups in total. The van der Waals surface area contributed by atoms with Crippen molar-refractivity contribution in [3.8, 4) is 0 Å². The zero-order valence-electron chi connectivity index (χ0n) is 9.71. The largest absolute Gasteiger partial charge is 0.469 e. The Kier molecular flexibility index (Phi) is 4.43. The molecule has 0 heterocycles. The number of carbonyl (C=O) groups excluding carboxylic acids is 1. The zero-order valence-corrected chi connectivity index (χ0v) is 9.71. The van der Waals surface area contributed by atoms with Crippen molar-refractivity contribution in [2.75, 3.05) is 14.2 Å². The number of hydrogen-bond donors (Lipinski definition) is 1. The second-order valence-electron chi connectivity index (χ2n) is 3.63. The third-order valence-corrected chi connectivity index (χ3v) is 2.55. The molecule has 88 valence electrons. The lowest BCUT2D eigenvalue weighted by Gasteiger charge is -2.15. The number of carbonyl (C=O) groups is 1. The maximum Gasteiger partial charge on any atom is 0.307 e. The van der Waals surface area contributed by atoms with Crippen LogP contribution in [-0.4, -0.2) is 20.1 Å². The Morgan fingerprint density at radius 2 is 2.25 bits per heavy atom. The van der Waals surface area contributed by atoms with Crippen LogP contribution in [0.25, 0.3) is 0 Å². The molecule has 0 saturated heterocycles. The summed E-state index contributed by atoms with van der Waals surface area (Å²) in [6.45, 7) is 1.70. The quantitative estimate of drug-likeness (QED) is 0.796. The molecule has 0 amide bonds. The van der Waals surface area contributed by atoms with Crippen molar-refractivity contribution in [2.45, 2.75) is 19.4 Å². The molecule has 3 nitrogen and oxygen atoms in total. The molecular weight excluding hydrogens is 209 g/mol. The molecule has 1 unspecified atom stereocenters. The van der Waals surface area contributed by atoms with Gasteiger partial charge in [-0.15, -0.1) is 0 Å². The van der Waals surface area contributed by atoms with E-state index in [4.69, 9.17) is 0 Å². The molecule has 0 saturated carbocycles. The second kappa shape index (κ2) is 5.61. The fourth-order valence-corrected chi connectivity index (χ4v) is 1.46. The standard InChI is InChI=1S/C12H16FNO2/c1-8-4-5-9(6-10(8)13)11(14-2)7-12(15)16-3/h4-6,11,14H,7H2,1-3H3. The first-order valence-corrected chi connectivity index (χ1v) is 5.08. The molecule has 1 atom stereocenters. The van der Waals surface area contributed by atoms with Gasteiger partial charge < -0.3 is 10.1 Å². The van der Waals surface area contributed by atoms with E-state index in [9.17, 15) is 9.18 Å². The minimum Gasteiger partial charge on any atom is -0.469 e. The number of halogens is 1. The van der Waals surface area contributed by atoms with Crippen molar-refractivity contribution in [3.63, 3.8) is 0 Å². The van der Waals surface area contributed by atoms with Crippen molar-refractivity contribution >= 4 is 5.97 Å². The van der Waals surface area contributed by atoms with E-state index in [0.717, 1.165) is 5.56 Å². The summed E-state index contributed by atoms with van der Waals surface area (Å²) >= 11 is 0. The number of methoxy groups -OCH3 is 1. The minimum atomic E-state index is -0.319. The van der Waals surface area contributed by atoms with Gasteiger partial charge in [-0.3, -0.25) is 4.79 Å². The fourth-order valence-electron chi connectivity index (χ4n) is 1.46. The number of hydrogen-bond acceptors (Lipinski definition) is 3. The maximum absolute atomic E-state index is 13.4. The number of rotatable bonds is 4. The summed E-state index contributed by atoms with van der Waals surface area (Å²) in [5, 5.41) is 2.96. The summed E-state index contributed by atoms with van der Waals surface area (Å²) < 4.78 is 17.9. The summed E-state index contributed by atoms with van der Waals surface area (Å²) in [5.74, 6) is -0.581. The maximum atomic E-state index is 13.4. The highest BCUT2D eigenvalue weighted by Gasteiger charge is 2.15. The minimum absolute atomic E-state index is 0.190. The van der Waals surface area contributed by atoms with Gasteiger partial charge in [-0.1, -0.05) is 12.1 Å². The Morgan fingerprint density at radius 1 is 1.56 bits per heavy atom. The number of nitrogens with one attached hydrogen (secondary N) is 1. The highest BCUT2D eigenvalue weighted by atomic mass is 19.1. The summed E-state index contributed by atoms with van der Waals surface area (Å²) in [7, 11) is 3.07. The van der Waals surface area contributed by atoms with Crippen molar-refractivity contribution in [2.24, 2.45) is 0 Å². The Labute approximate surface area is 94.6 Å². The molecule has 0 spiro atoms. The Bertz CT molecular complexity index is 379. The van der Waals surface area contributed by atoms with Gasteiger partial charge in [0.2, 0.25) is 0 Å². The molecule has 0 aliphatic heterocycles. The molecule has 4 heteroatoms. The summed E-state index contributed by atoms with van der Waals surface area (Å²) in [6, 6.07) is 4.73. The Morgan fingerprint density at radius 3 is 2.75 bits per heavy atom. The van der Waals surface area contributed by atoms with Crippen LogP contribution in [0.1, 0.15) is 23.6 Å². The third-order valence-electron chi connectivity index (χ3n) is 2.55. The van der Waals surface area contributed by atoms with Gasteiger partial charge in [0.25, 0.3) is 0 Å². The topological polar surface area (TPSA) is 38.3 Å². The van der Waals surface area contributed by atoms with Gasteiger partial charge in [0.1, 0.15) is 5.82 Å². The van der Waals surface area contributed by atoms with E-state index < -0.39 is 0 Å². The van der Waals surface area contributed by atoms with Crippen molar-refractivity contribution in [3.05, 3.63) is 35.1 Å². The second-order valence-corrected chi connectivity index (χ2v) is 3.63. The summed E-state index contributed by atoms with van der Waals surface area (Å²) in [5.41, 5.74) is 1.34. The molecule has 0 fully saturated rings. The first-order chi connectivity index (χ1) is 7.58. The Balaban J connectivity index is 2.86. The fraction of sp³-hybridized carbons (Fsp3) is 0.417. The molecule has 0 bridgehead atoms. The van der Waals surface area contributed by atoms with Gasteiger partial charge in [0.05, 0.1) is 13.5 Å². The molecule has 0 aliphatic carbocycles. The average Bonchev–Trinajstić information content (AvgIpc) is 2.29. The van der Waals surface area contributed by atoms with E-state index in [1.807, 2.05) is 6.07 Å². The first kappa shape index (κ1) is 12.6. The summed E-state index contributed by atoms with van der Waals surface area (Å²) in [4.78, 5) is 11.2. The average molecular weight is 225 g/mol. The van der Waals surface area contributed by atoms with Crippen molar-refractivity contribution < 1.29 is 13.9 Å². The number of esters is 1. The van der Waals surface area contributed by atoms with Gasteiger partial charge in [0.15, 0.2) is 0 Å². The number of ether oxygens (including phenoxy) is 1. The zero-order chi connectivity index (χ0) is 12.1. The molecule has 1 rings (SSSR count). The predicted octanol–water partition coefficient (Wildman–Crippen LogP) is 1.96. The van der Waals surface area contributed by atoms with Crippen LogP contribution in [0.15, 0.2) is 18.2 Å². The van der Waals surface area contributed by atoms with Crippen LogP contribution in [0.5, 0.6) is 0 Å². The predicted molar refractivity (Wildman–Crippen MR) is 59.6 cm³/mol. The van der Waals surface area contributed by atoms with Gasteiger partial charge in [0, 0.05) is 6.04 Å². The normalized spacial score (nSPS) is 12.2. The monoisotopic (exact) mass is 225 g/mol. The van der Waals surface area contributed by atoms with Gasteiger partial charge >= 0.3 is 5.97 Å². The third kappa shape index (κ3) is 3.03. The van der Waals surface area contributed by atoms with Crippen LogP contribution in [0, 0.1) is 12.7 Å².